The Morgan fingerprint density at radius 3 is 1.20 bits per heavy atom. The number of nitrogens with zero attached hydrogens (tertiary/aromatic N) is 21. The topological polar surface area (TPSA) is 364 Å². The van der Waals surface area contributed by atoms with Gasteiger partial charge in [-0.15, -0.1) is 0 Å². The number of aryl methyl sites for hydroxylation is 3. The van der Waals surface area contributed by atoms with Crippen LogP contribution >= 0.6 is 0 Å². The Bertz CT molecular complexity index is 7380. The normalized spacial score (nSPS) is 12.3. The first-order valence-electron chi connectivity index (χ1n) is 47.9. The fourth-order valence-electron chi connectivity index (χ4n) is 16.5. The van der Waals surface area contributed by atoms with Crippen molar-refractivity contribution in [1.82, 2.24) is 94.5 Å². The van der Waals surface area contributed by atoms with Gasteiger partial charge >= 0.3 is 6.18 Å². The SMILES string of the molecule is COC[C@@H](O)CN(c1cc(OC)cc(OC)c1)c1ccc2ncc(-c3cnn(C(C)C)c3)nc2c1.COc1cc(OC)cc(N(CC#CC2(O)CNC2)c2ccc3ncc(-c4cnn(C)c4)nc3c2)c1.COc1cc(OC)cc(N(CCN(Cc2ccc(N)cc2)C(C)C)c2ccc3ncc(-c4cnn(C)c4)nc3c2)c1.COc1cc(OC)cc(N(CCNC(C)C)c2ccc3ncc(-c4cn(C)nc4C(F)(F)F)nc3c2)c1. The number of hydrogen-bond donors (Lipinski definition) is 5. The molecule has 1 aliphatic rings. The molecule has 6 N–H and O–H groups in total. The molecule has 770 valence electrons. The minimum Gasteiger partial charge on any atom is -0.497 e. The lowest BCUT2D eigenvalue weighted by atomic mass is 9.98. The first-order chi connectivity index (χ1) is 71.3. The molecule has 1 fully saturated rings. The zero-order valence-electron chi connectivity index (χ0n) is 86.1. The number of fused-ring (bicyclic) bond motifs is 4. The lowest BCUT2D eigenvalue weighted by Crippen LogP contribution is -2.58. The lowest BCUT2D eigenvalue weighted by molar-refractivity contribution is -0.141. The van der Waals surface area contributed by atoms with Crippen LogP contribution in [0.5, 0.6) is 46.0 Å². The third kappa shape index (κ3) is 26.7. The van der Waals surface area contributed by atoms with Crippen LogP contribution in [0.2, 0.25) is 0 Å². The highest BCUT2D eigenvalue weighted by Crippen LogP contribution is 2.42. The van der Waals surface area contributed by atoms with Crippen LogP contribution in [0.3, 0.4) is 0 Å². The number of aromatic nitrogens is 16. The quantitative estimate of drug-likeness (QED) is 0.0180. The van der Waals surface area contributed by atoms with Crippen molar-refractivity contribution in [1.29, 1.82) is 0 Å². The van der Waals surface area contributed by atoms with Crippen molar-refractivity contribution in [2.45, 2.75) is 84.1 Å². The average Bonchev–Trinajstić information content (AvgIpc) is 1.50. The Morgan fingerprint density at radius 1 is 0.439 bits per heavy atom. The fourth-order valence-corrected chi connectivity index (χ4v) is 16.5. The van der Waals surface area contributed by atoms with Crippen LogP contribution in [0, 0.1) is 11.8 Å². The Balaban J connectivity index is 0.000000148. The number of aliphatic hydroxyl groups is 2. The molecule has 0 amide bonds. The lowest BCUT2D eigenvalue weighted by Gasteiger charge is -2.32. The van der Waals surface area contributed by atoms with Crippen LogP contribution in [-0.2, 0) is 38.6 Å². The van der Waals surface area contributed by atoms with E-state index in [4.69, 9.17) is 63.3 Å². The summed E-state index contributed by atoms with van der Waals surface area (Å²) in [7, 11) is 19.7. The number of methoxy groups -OCH3 is 9. The molecule has 1 saturated heterocycles. The zero-order chi connectivity index (χ0) is 105. The molecule has 0 saturated carbocycles. The molecule has 148 heavy (non-hydrogen) atoms. The van der Waals surface area contributed by atoms with Gasteiger partial charge in [0, 0.05) is 258 Å². The van der Waals surface area contributed by atoms with Crippen LogP contribution in [0.25, 0.3) is 89.2 Å². The first-order valence-corrected chi connectivity index (χ1v) is 47.9. The second-order valence-electron chi connectivity index (χ2n) is 36.1. The molecular formula is C110H123F3N24O11. The first kappa shape index (κ1) is 106. The summed E-state index contributed by atoms with van der Waals surface area (Å²) in [4.78, 5) is 48.2. The third-order valence-electron chi connectivity index (χ3n) is 24.5. The summed E-state index contributed by atoms with van der Waals surface area (Å²) in [5.41, 5.74) is 23.6. The van der Waals surface area contributed by atoms with Gasteiger partial charge in [-0.3, -0.25) is 43.6 Å². The molecule has 8 aromatic heterocycles. The molecule has 17 aromatic rings. The van der Waals surface area contributed by atoms with E-state index in [2.05, 4.69) is 148 Å². The second-order valence-corrected chi connectivity index (χ2v) is 36.1. The maximum absolute atomic E-state index is 13.6. The largest absolute Gasteiger partial charge is 0.497 e. The summed E-state index contributed by atoms with van der Waals surface area (Å²) < 4.78 is 96.4. The number of nitrogens with two attached hydrogens (primary N) is 1. The molecular weight excluding hydrogens is 1890 g/mol. The number of benzene rings is 9. The van der Waals surface area contributed by atoms with Gasteiger partial charge in [-0.1, -0.05) is 37.8 Å². The molecule has 35 nitrogen and oxygen atoms in total. The van der Waals surface area contributed by atoms with E-state index >= 15 is 0 Å². The van der Waals surface area contributed by atoms with Crippen LogP contribution in [-0.4, -0.2) is 241 Å². The summed E-state index contributed by atoms with van der Waals surface area (Å²) in [6.07, 6.45) is 13.8. The van der Waals surface area contributed by atoms with E-state index in [1.165, 1.54) is 25.0 Å². The van der Waals surface area contributed by atoms with Gasteiger partial charge in [0.2, 0.25) is 0 Å². The van der Waals surface area contributed by atoms with Gasteiger partial charge in [0.1, 0.15) is 51.6 Å². The number of halogens is 3. The standard InChI is InChI=1S/C32H37N7O2.C26H29F3N6O2.C26H26N6O3.C26H31N5O4/c1-22(2)38(20-23-6-8-25(33)9-7-23)12-13-39(27-14-28(40-4)17-29(15-27)41-5)26-10-11-30-31(16-26)36-32(19-34-30)24-18-35-37(3)21-24;1-16(2)30-8-9-35(18-10-19(36-4)13-20(11-18)37-5)17-6-7-22-23(12-17)32-24(14-31-22)21-15-34(3)33-25(21)26(27,28)29;1-31-15-18(13-29-31)25-14-28-23-6-5-19(11-24(23)30-25)32(8-4-7-26(33)16-27-17-26)20-9-21(34-2)12-22(10-20)35-3;1-17(2)31-14-18(12-28-31)26-13-27-24-7-6-19(10-25(24)29-26)30(15-21(32)16-33-3)20-8-22(34-4)11-23(9-20)35-5/h6-11,14-19,21-22H,12-13,20,33H2,1-5H3;6-7,10-16,30H,8-9H2,1-5H3;5-6,9-15,27,33H,8,16-17H2,1-3H3;6-14,17,21,32H,15-16H2,1-5H3/t;;;21-/m...0/s1. The number of nitrogen functional groups attached to an aromatic ring is 1. The molecule has 9 aromatic carbocycles. The van der Waals surface area contributed by atoms with Crippen molar-refractivity contribution in [2.24, 2.45) is 21.1 Å². The van der Waals surface area contributed by atoms with Gasteiger partial charge in [-0.05, 0) is 118 Å². The van der Waals surface area contributed by atoms with Gasteiger partial charge in [0.15, 0.2) is 5.69 Å². The summed E-state index contributed by atoms with van der Waals surface area (Å²) in [6, 6.07) is 55.3. The van der Waals surface area contributed by atoms with Crippen molar-refractivity contribution >= 4 is 95.3 Å². The molecule has 1 atom stereocenters. The highest BCUT2D eigenvalue weighted by molar-refractivity contribution is 5.88. The highest BCUT2D eigenvalue weighted by atomic mass is 19.4. The van der Waals surface area contributed by atoms with E-state index in [9.17, 15) is 23.4 Å². The third-order valence-corrected chi connectivity index (χ3v) is 24.5. The molecule has 0 aliphatic carbocycles. The highest BCUT2D eigenvalue weighted by Gasteiger charge is 2.38. The van der Waals surface area contributed by atoms with Crippen LogP contribution < -0.4 is 73.9 Å². The maximum Gasteiger partial charge on any atom is 0.435 e. The zero-order valence-corrected chi connectivity index (χ0v) is 86.1. The van der Waals surface area contributed by atoms with Gasteiger partial charge in [-0.25, -0.2) is 19.9 Å². The van der Waals surface area contributed by atoms with E-state index in [0.717, 1.165) is 154 Å². The number of β-amino-alcohol motifs (C(OH)–C–C–N with tert-alkyl or cyclic N) is 1. The molecule has 1 aliphatic heterocycles. The van der Waals surface area contributed by atoms with E-state index in [-0.39, 0.29) is 23.9 Å². The number of aliphatic hydroxyl groups excluding tert-OH is 1. The predicted molar refractivity (Wildman–Crippen MR) is 571 cm³/mol. The Morgan fingerprint density at radius 2 is 0.824 bits per heavy atom. The van der Waals surface area contributed by atoms with Gasteiger partial charge < -0.3 is 88.8 Å². The smallest absolute Gasteiger partial charge is 0.435 e. The Labute approximate surface area is 857 Å². The summed E-state index contributed by atoms with van der Waals surface area (Å²) in [6.45, 7) is 18.2. The van der Waals surface area contributed by atoms with E-state index in [1.807, 2.05) is 181 Å². The summed E-state index contributed by atoms with van der Waals surface area (Å²) in [5.74, 6) is 11.5. The van der Waals surface area contributed by atoms with Gasteiger partial charge in [0.25, 0.3) is 0 Å². The molecule has 0 unspecified atom stereocenters. The second kappa shape index (κ2) is 48.1. The number of hydrogen-bond acceptors (Lipinski definition) is 31. The summed E-state index contributed by atoms with van der Waals surface area (Å²) in [5, 5.41) is 44.0. The van der Waals surface area contributed by atoms with Gasteiger partial charge in [0.05, 0.1) is 199 Å². The van der Waals surface area contributed by atoms with Crippen molar-refractivity contribution in [3.05, 3.63) is 249 Å². The molecule has 0 bridgehead atoms. The molecule has 0 radical (unpaired) electrons. The number of nitrogens with one attached hydrogen (secondary N) is 2. The average molecular weight is 2010 g/mol. The summed E-state index contributed by atoms with van der Waals surface area (Å²) >= 11 is 0. The molecule has 9 heterocycles. The van der Waals surface area contributed by atoms with Crippen molar-refractivity contribution in [2.75, 3.05) is 148 Å². The number of ether oxygens (including phenoxy) is 9. The monoisotopic (exact) mass is 2010 g/mol. The number of anilines is 9. The molecule has 0 spiro atoms. The predicted octanol–water partition coefficient (Wildman–Crippen LogP) is 17.6. The molecule has 38 heteroatoms. The van der Waals surface area contributed by atoms with Gasteiger partial charge in [-0.2, -0.15) is 33.6 Å². The Kier molecular flexibility index (Phi) is 34.5. The van der Waals surface area contributed by atoms with E-state index in [0.29, 0.717) is 96.9 Å². The minimum atomic E-state index is -4.61. The van der Waals surface area contributed by atoms with Crippen molar-refractivity contribution in [3.63, 3.8) is 0 Å². The van der Waals surface area contributed by atoms with E-state index in [1.54, 1.807) is 123 Å². The fraction of sp³-hybridized carbons (Fsp3) is 0.309. The van der Waals surface area contributed by atoms with E-state index < -0.39 is 23.6 Å². The molecule has 18 rings (SSSR count). The van der Waals surface area contributed by atoms with Crippen molar-refractivity contribution < 1.29 is 66.0 Å². The number of alkyl halides is 3. The minimum absolute atomic E-state index is 0.0983. The Hall–Kier alpha value is -16.3. The van der Waals surface area contributed by atoms with Crippen LogP contribution in [0.1, 0.15) is 58.8 Å². The van der Waals surface area contributed by atoms with Crippen molar-refractivity contribution in [3.8, 4) is 103 Å². The van der Waals surface area contributed by atoms with Crippen LogP contribution in [0.15, 0.2) is 238 Å². The maximum atomic E-state index is 13.6. The van der Waals surface area contributed by atoms with Crippen LogP contribution in [0.4, 0.5) is 64.4 Å². The number of rotatable bonds is 36.